The number of imidazole rings is 1. The van der Waals surface area contributed by atoms with Gasteiger partial charge in [-0.2, -0.15) is 0 Å². The molecule has 1 aliphatic carbocycles. The van der Waals surface area contributed by atoms with Gasteiger partial charge in [-0.05, 0) is 41.7 Å². The zero-order valence-electron chi connectivity index (χ0n) is 16.1. The summed E-state index contributed by atoms with van der Waals surface area (Å²) in [5, 5.41) is 6.22. The molecule has 144 valence electrons. The Hall–Kier alpha value is -3.28. The first-order chi connectivity index (χ1) is 13.7. The standard InChI is InChI=1S/C22H24N4O2/c1-26-13-12-23-21(26)20(16-7-5-8-17(14-16)28-2)25-22(27)24-19-11-10-15-6-3-4-9-18(15)19/h3-9,12-14,19-20H,10-11H2,1-2H3,(H2,24,25,27). The molecule has 0 radical (unpaired) electrons. The summed E-state index contributed by atoms with van der Waals surface area (Å²) >= 11 is 0. The van der Waals surface area contributed by atoms with Crippen LogP contribution in [0.2, 0.25) is 0 Å². The van der Waals surface area contributed by atoms with E-state index in [1.54, 1.807) is 13.3 Å². The lowest BCUT2D eigenvalue weighted by Crippen LogP contribution is -2.40. The average molecular weight is 376 g/mol. The maximum atomic E-state index is 12.9. The van der Waals surface area contributed by atoms with Gasteiger partial charge in [-0.15, -0.1) is 0 Å². The number of benzene rings is 2. The molecule has 2 unspecified atom stereocenters. The number of carbonyl (C=O) groups is 1. The largest absolute Gasteiger partial charge is 0.497 e. The van der Waals surface area contributed by atoms with E-state index in [4.69, 9.17) is 4.74 Å². The molecule has 6 nitrogen and oxygen atoms in total. The maximum absolute atomic E-state index is 12.9. The number of ether oxygens (including phenoxy) is 1. The first-order valence-electron chi connectivity index (χ1n) is 9.41. The molecule has 0 saturated heterocycles. The summed E-state index contributed by atoms with van der Waals surface area (Å²) in [6.45, 7) is 0. The maximum Gasteiger partial charge on any atom is 0.316 e. The molecule has 4 rings (SSSR count). The highest BCUT2D eigenvalue weighted by atomic mass is 16.5. The van der Waals surface area contributed by atoms with Gasteiger partial charge in [0.05, 0.1) is 13.2 Å². The van der Waals surface area contributed by atoms with Crippen molar-refractivity contribution in [3.63, 3.8) is 0 Å². The Morgan fingerprint density at radius 3 is 2.89 bits per heavy atom. The minimum atomic E-state index is -0.383. The quantitative estimate of drug-likeness (QED) is 0.716. The van der Waals surface area contributed by atoms with Gasteiger partial charge >= 0.3 is 6.03 Å². The van der Waals surface area contributed by atoms with E-state index in [0.29, 0.717) is 0 Å². The predicted octanol–water partition coefficient (Wildman–Crippen LogP) is 3.50. The molecule has 0 aliphatic heterocycles. The first-order valence-corrected chi connectivity index (χ1v) is 9.41. The predicted molar refractivity (Wildman–Crippen MR) is 107 cm³/mol. The van der Waals surface area contributed by atoms with Gasteiger partial charge < -0.3 is 19.9 Å². The summed E-state index contributed by atoms with van der Waals surface area (Å²) in [7, 11) is 3.55. The van der Waals surface area contributed by atoms with E-state index in [1.807, 2.05) is 54.2 Å². The van der Waals surface area contributed by atoms with Crippen LogP contribution in [0.3, 0.4) is 0 Å². The molecule has 1 aromatic heterocycles. The van der Waals surface area contributed by atoms with E-state index in [0.717, 1.165) is 30.0 Å². The van der Waals surface area contributed by atoms with Gasteiger partial charge in [0.15, 0.2) is 0 Å². The summed E-state index contributed by atoms with van der Waals surface area (Å²) in [5.41, 5.74) is 3.42. The van der Waals surface area contributed by atoms with Crippen LogP contribution in [0.1, 0.15) is 41.0 Å². The van der Waals surface area contributed by atoms with E-state index in [1.165, 1.54) is 11.1 Å². The number of fused-ring (bicyclic) bond motifs is 1. The van der Waals surface area contributed by atoms with Crippen LogP contribution in [0.15, 0.2) is 60.9 Å². The van der Waals surface area contributed by atoms with Gasteiger partial charge in [-0.3, -0.25) is 0 Å². The second-order valence-corrected chi connectivity index (χ2v) is 7.01. The molecule has 1 aliphatic rings. The highest BCUT2D eigenvalue weighted by Crippen LogP contribution is 2.31. The van der Waals surface area contributed by atoms with Crippen molar-refractivity contribution in [3.8, 4) is 5.75 Å². The Labute approximate surface area is 164 Å². The average Bonchev–Trinajstić information content (AvgIpc) is 3.32. The summed E-state index contributed by atoms with van der Waals surface area (Å²) < 4.78 is 7.26. The number of hydrogen-bond donors (Lipinski definition) is 2. The number of methoxy groups -OCH3 is 1. The fourth-order valence-electron chi connectivity index (χ4n) is 3.81. The van der Waals surface area contributed by atoms with E-state index >= 15 is 0 Å². The zero-order valence-corrected chi connectivity index (χ0v) is 16.1. The van der Waals surface area contributed by atoms with Gasteiger partial charge in [0.2, 0.25) is 0 Å². The van der Waals surface area contributed by atoms with Crippen LogP contribution < -0.4 is 15.4 Å². The molecule has 2 N–H and O–H groups in total. The molecule has 2 aromatic carbocycles. The second kappa shape index (κ2) is 7.76. The second-order valence-electron chi connectivity index (χ2n) is 7.01. The van der Waals surface area contributed by atoms with Crippen molar-refractivity contribution in [1.82, 2.24) is 20.2 Å². The van der Waals surface area contributed by atoms with Crippen molar-refractivity contribution in [2.24, 2.45) is 7.05 Å². The van der Waals surface area contributed by atoms with Crippen molar-refractivity contribution in [2.45, 2.75) is 24.9 Å². The number of rotatable bonds is 5. The van der Waals surface area contributed by atoms with Crippen LogP contribution in [-0.2, 0) is 13.5 Å². The Morgan fingerprint density at radius 1 is 1.25 bits per heavy atom. The van der Waals surface area contributed by atoms with Crippen LogP contribution in [0.5, 0.6) is 5.75 Å². The number of aromatic nitrogens is 2. The third-order valence-corrected chi connectivity index (χ3v) is 5.26. The molecule has 2 atom stereocenters. The molecule has 0 spiro atoms. The number of hydrogen-bond acceptors (Lipinski definition) is 3. The molecule has 0 fully saturated rings. The number of aryl methyl sites for hydroxylation is 2. The van der Waals surface area contributed by atoms with Crippen molar-refractivity contribution in [2.75, 3.05) is 7.11 Å². The van der Waals surface area contributed by atoms with Gasteiger partial charge in [-0.25, -0.2) is 9.78 Å². The molecular formula is C22H24N4O2. The van der Waals surface area contributed by atoms with Crippen molar-refractivity contribution < 1.29 is 9.53 Å². The minimum Gasteiger partial charge on any atom is -0.497 e. The van der Waals surface area contributed by atoms with E-state index in [-0.39, 0.29) is 18.1 Å². The Morgan fingerprint density at radius 2 is 2.11 bits per heavy atom. The van der Waals surface area contributed by atoms with E-state index in [2.05, 4.69) is 27.8 Å². The molecule has 1 heterocycles. The summed E-state index contributed by atoms with van der Waals surface area (Å²) in [4.78, 5) is 17.3. The highest BCUT2D eigenvalue weighted by Gasteiger charge is 2.26. The van der Waals surface area contributed by atoms with Crippen LogP contribution in [0, 0.1) is 0 Å². The Kier molecular flexibility index (Phi) is 5.02. The Balaban J connectivity index is 1.56. The number of nitrogens with zero attached hydrogens (tertiary/aromatic N) is 2. The van der Waals surface area contributed by atoms with Crippen molar-refractivity contribution >= 4 is 6.03 Å². The molecular weight excluding hydrogens is 352 g/mol. The van der Waals surface area contributed by atoms with Gasteiger partial charge in [0.1, 0.15) is 17.6 Å². The molecule has 28 heavy (non-hydrogen) atoms. The van der Waals surface area contributed by atoms with Crippen LogP contribution in [0.4, 0.5) is 4.79 Å². The molecule has 6 heteroatoms. The van der Waals surface area contributed by atoms with Gasteiger partial charge in [-0.1, -0.05) is 36.4 Å². The van der Waals surface area contributed by atoms with Gasteiger partial charge in [0.25, 0.3) is 0 Å². The number of amides is 2. The lowest BCUT2D eigenvalue weighted by Gasteiger charge is -2.22. The summed E-state index contributed by atoms with van der Waals surface area (Å²) in [5.74, 6) is 1.50. The monoisotopic (exact) mass is 376 g/mol. The van der Waals surface area contributed by atoms with Crippen LogP contribution in [0.25, 0.3) is 0 Å². The number of nitrogens with one attached hydrogen (secondary N) is 2. The topological polar surface area (TPSA) is 68.2 Å². The normalized spacial score (nSPS) is 16.3. The fourth-order valence-corrected chi connectivity index (χ4v) is 3.81. The fraction of sp³-hybridized carbons (Fsp3) is 0.273. The lowest BCUT2D eigenvalue weighted by molar-refractivity contribution is 0.234. The lowest BCUT2D eigenvalue weighted by atomic mass is 10.1. The van der Waals surface area contributed by atoms with E-state index in [9.17, 15) is 4.79 Å². The zero-order chi connectivity index (χ0) is 19.5. The Bertz CT molecular complexity index is 982. The van der Waals surface area contributed by atoms with E-state index < -0.39 is 0 Å². The van der Waals surface area contributed by atoms with Crippen LogP contribution >= 0.6 is 0 Å². The SMILES string of the molecule is COc1cccc(C(NC(=O)NC2CCc3ccccc32)c2nccn2C)c1. The molecule has 3 aromatic rings. The van der Waals surface area contributed by atoms with Gasteiger partial charge in [0, 0.05) is 19.4 Å². The van der Waals surface area contributed by atoms with Crippen LogP contribution in [-0.4, -0.2) is 22.7 Å². The smallest absolute Gasteiger partial charge is 0.316 e. The third-order valence-electron chi connectivity index (χ3n) is 5.26. The van der Waals surface area contributed by atoms with Crippen molar-refractivity contribution in [1.29, 1.82) is 0 Å². The molecule has 0 bridgehead atoms. The number of urea groups is 1. The third kappa shape index (κ3) is 3.58. The molecule has 2 amide bonds. The summed E-state index contributed by atoms with van der Waals surface area (Å²) in [6.07, 6.45) is 5.50. The summed E-state index contributed by atoms with van der Waals surface area (Å²) in [6, 6.07) is 15.4. The first kappa shape index (κ1) is 18.1. The minimum absolute atomic E-state index is 0.0310. The number of carbonyl (C=O) groups excluding carboxylic acids is 1. The van der Waals surface area contributed by atoms with Crippen molar-refractivity contribution in [3.05, 3.63) is 83.4 Å². The highest BCUT2D eigenvalue weighted by molar-refractivity contribution is 5.75. The molecule has 0 saturated carbocycles.